The third kappa shape index (κ3) is 2.53. The lowest BCUT2D eigenvalue weighted by Crippen LogP contribution is -2.40. The van der Waals surface area contributed by atoms with E-state index in [2.05, 4.69) is 30.7 Å². The summed E-state index contributed by atoms with van der Waals surface area (Å²) < 4.78 is 0. The normalized spacial score (nSPS) is 21.8. The van der Waals surface area contributed by atoms with Crippen molar-refractivity contribution in [1.82, 2.24) is 14.9 Å². The Morgan fingerprint density at radius 2 is 2.14 bits per heavy atom. The molecule has 114 valence electrons. The second kappa shape index (κ2) is 5.54. The molecule has 0 amide bonds. The number of likely N-dealkylation sites (tertiary alicyclic amines) is 1. The van der Waals surface area contributed by atoms with Crippen molar-refractivity contribution in [1.29, 1.82) is 0 Å². The number of hydrogen-bond acceptors (Lipinski definition) is 4. The molecule has 1 N–H and O–H groups in total. The maximum atomic E-state index is 12.4. The maximum absolute atomic E-state index is 12.4. The van der Waals surface area contributed by atoms with Crippen LogP contribution in [-0.2, 0) is 0 Å². The zero-order valence-corrected chi connectivity index (χ0v) is 14.0. The molecular weight excluding hydrogens is 282 g/mol. The van der Waals surface area contributed by atoms with Gasteiger partial charge in [-0.15, -0.1) is 11.3 Å². The van der Waals surface area contributed by atoms with Crippen LogP contribution in [0.25, 0.3) is 10.2 Å². The number of nitrogens with zero attached hydrogens (tertiary/aromatic N) is 2. The summed E-state index contributed by atoms with van der Waals surface area (Å²) in [5.74, 6) is 0.808. The summed E-state index contributed by atoms with van der Waals surface area (Å²) in [7, 11) is 0. The molecule has 0 saturated carbocycles. The van der Waals surface area contributed by atoms with E-state index in [4.69, 9.17) is 4.98 Å². The van der Waals surface area contributed by atoms with Crippen LogP contribution in [0.1, 0.15) is 55.4 Å². The number of piperidine rings is 1. The molecule has 1 aliphatic rings. The Hall–Kier alpha value is -1.20. The van der Waals surface area contributed by atoms with Crippen LogP contribution in [0.2, 0.25) is 0 Å². The van der Waals surface area contributed by atoms with E-state index >= 15 is 0 Å². The van der Waals surface area contributed by atoms with E-state index in [0.29, 0.717) is 6.04 Å². The fraction of sp³-hybridized carbons (Fsp3) is 0.625. The molecule has 1 aliphatic heterocycles. The average molecular weight is 305 g/mol. The Morgan fingerprint density at radius 1 is 1.38 bits per heavy atom. The van der Waals surface area contributed by atoms with Crippen LogP contribution in [0.5, 0.6) is 0 Å². The molecule has 2 aromatic rings. The first kappa shape index (κ1) is 14.7. The van der Waals surface area contributed by atoms with Gasteiger partial charge < -0.3 is 4.98 Å². The fourth-order valence-electron chi connectivity index (χ4n) is 3.32. The number of hydrogen-bond donors (Lipinski definition) is 1. The number of thiophene rings is 1. The minimum absolute atomic E-state index is 0.00774. The van der Waals surface area contributed by atoms with E-state index in [1.165, 1.54) is 24.1 Å². The molecule has 5 heteroatoms. The van der Waals surface area contributed by atoms with Gasteiger partial charge in [0.1, 0.15) is 10.7 Å². The highest BCUT2D eigenvalue weighted by Crippen LogP contribution is 2.29. The first-order valence-electron chi connectivity index (χ1n) is 7.74. The third-order valence-corrected chi connectivity index (χ3v) is 5.91. The molecule has 0 aliphatic carbocycles. The van der Waals surface area contributed by atoms with E-state index in [0.717, 1.165) is 28.1 Å². The molecule has 3 rings (SSSR count). The van der Waals surface area contributed by atoms with Crippen LogP contribution >= 0.6 is 11.3 Å². The standard InChI is InChI=1S/C16H23N3OS/c1-9-7-5-6-8-19(9)11(3)14-17-15(20)13-10(2)12(4)21-16(13)18-14/h9,11H,5-8H2,1-4H3,(H,17,18,20)/t9-,11-/m0/s1. The second-order valence-corrected chi connectivity index (χ2v) is 7.38. The smallest absolute Gasteiger partial charge is 0.259 e. The highest BCUT2D eigenvalue weighted by atomic mass is 32.1. The first-order valence-corrected chi connectivity index (χ1v) is 8.56. The van der Waals surface area contributed by atoms with E-state index in [-0.39, 0.29) is 11.6 Å². The highest BCUT2D eigenvalue weighted by Gasteiger charge is 2.26. The molecule has 0 aromatic carbocycles. The number of rotatable bonds is 2. The van der Waals surface area contributed by atoms with Gasteiger partial charge in [-0.05, 0) is 52.6 Å². The molecule has 2 atom stereocenters. The van der Waals surface area contributed by atoms with Gasteiger partial charge in [0, 0.05) is 10.9 Å². The van der Waals surface area contributed by atoms with E-state index in [1.54, 1.807) is 11.3 Å². The Bertz CT molecular complexity index is 718. The predicted molar refractivity (Wildman–Crippen MR) is 88.1 cm³/mol. The van der Waals surface area contributed by atoms with Crippen molar-refractivity contribution >= 4 is 21.6 Å². The molecule has 21 heavy (non-hydrogen) atoms. The Kier molecular flexibility index (Phi) is 3.88. The zero-order valence-electron chi connectivity index (χ0n) is 13.2. The molecule has 0 bridgehead atoms. The van der Waals surface area contributed by atoms with E-state index < -0.39 is 0 Å². The molecular formula is C16H23N3OS. The van der Waals surface area contributed by atoms with Gasteiger partial charge in [0.2, 0.25) is 0 Å². The van der Waals surface area contributed by atoms with Crippen LogP contribution in [0.4, 0.5) is 0 Å². The van der Waals surface area contributed by atoms with Gasteiger partial charge in [-0.25, -0.2) is 4.98 Å². The van der Waals surface area contributed by atoms with Crippen molar-refractivity contribution in [2.75, 3.05) is 6.54 Å². The van der Waals surface area contributed by atoms with Crippen LogP contribution in [0, 0.1) is 13.8 Å². The van der Waals surface area contributed by atoms with Crippen LogP contribution < -0.4 is 5.56 Å². The van der Waals surface area contributed by atoms with E-state index in [1.807, 2.05) is 6.92 Å². The van der Waals surface area contributed by atoms with Gasteiger partial charge in [-0.1, -0.05) is 6.42 Å². The molecule has 0 radical (unpaired) electrons. The largest absolute Gasteiger partial charge is 0.309 e. The van der Waals surface area contributed by atoms with Crippen molar-refractivity contribution in [3.63, 3.8) is 0 Å². The predicted octanol–water partition coefficient (Wildman–Crippen LogP) is 3.54. The van der Waals surface area contributed by atoms with Crippen LogP contribution in [-0.4, -0.2) is 27.5 Å². The first-order chi connectivity index (χ1) is 9.99. The van der Waals surface area contributed by atoms with Gasteiger partial charge in [0.25, 0.3) is 5.56 Å². The zero-order chi connectivity index (χ0) is 15.1. The topological polar surface area (TPSA) is 49.0 Å². The fourth-order valence-corrected chi connectivity index (χ4v) is 4.36. The summed E-state index contributed by atoms with van der Waals surface area (Å²) in [6.45, 7) is 9.56. The quantitative estimate of drug-likeness (QED) is 0.923. The lowest BCUT2D eigenvalue weighted by molar-refractivity contribution is 0.110. The van der Waals surface area contributed by atoms with Crippen LogP contribution in [0.15, 0.2) is 4.79 Å². The highest BCUT2D eigenvalue weighted by molar-refractivity contribution is 7.18. The number of H-pyrrole nitrogens is 1. The van der Waals surface area contributed by atoms with Crippen molar-refractivity contribution in [2.24, 2.45) is 0 Å². The summed E-state index contributed by atoms with van der Waals surface area (Å²) in [5, 5.41) is 0.764. The molecule has 1 fully saturated rings. The Balaban J connectivity index is 2.02. The van der Waals surface area contributed by atoms with Gasteiger partial charge in [-0.2, -0.15) is 0 Å². The summed E-state index contributed by atoms with van der Waals surface area (Å²) >= 11 is 1.62. The summed E-state index contributed by atoms with van der Waals surface area (Å²) in [4.78, 5) is 24.7. The van der Waals surface area contributed by atoms with Gasteiger partial charge in [-0.3, -0.25) is 9.69 Å². The lowest BCUT2D eigenvalue weighted by atomic mass is 10.0. The third-order valence-electron chi connectivity index (χ3n) is 4.80. The number of aromatic nitrogens is 2. The van der Waals surface area contributed by atoms with E-state index in [9.17, 15) is 4.79 Å². The SMILES string of the molecule is Cc1sc2nc([C@H](C)N3CCCC[C@@H]3C)[nH]c(=O)c2c1C. The average Bonchev–Trinajstić information content (AvgIpc) is 2.74. The minimum Gasteiger partial charge on any atom is -0.309 e. The number of aryl methyl sites for hydroxylation is 2. The molecule has 0 spiro atoms. The van der Waals surface area contributed by atoms with Crippen molar-refractivity contribution in [3.8, 4) is 0 Å². The number of fused-ring (bicyclic) bond motifs is 1. The summed E-state index contributed by atoms with van der Waals surface area (Å²) in [6.07, 6.45) is 3.77. The lowest BCUT2D eigenvalue weighted by Gasteiger charge is -2.37. The monoisotopic (exact) mass is 305 g/mol. The number of nitrogens with one attached hydrogen (secondary N) is 1. The maximum Gasteiger partial charge on any atom is 0.259 e. The van der Waals surface area contributed by atoms with Gasteiger partial charge >= 0.3 is 0 Å². The second-order valence-electron chi connectivity index (χ2n) is 6.17. The number of aromatic amines is 1. The Labute approximate surface area is 129 Å². The van der Waals surface area contributed by atoms with Crippen molar-refractivity contribution < 1.29 is 0 Å². The molecule has 3 heterocycles. The molecule has 0 unspecified atom stereocenters. The van der Waals surface area contributed by atoms with Gasteiger partial charge in [0.15, 0.2) is 0 Å². The van der Waals surface area contributed by atoms with Crippen molar-refractivity contribution in [3.05, 3.63) is 26.6 Å². The van der Waals surface area contributed by atoms with Gasteiger partial charge in [0.05, 0.1) is 11.4 Å². The minimum atomic E-state index is 0.00774. The summed E-state index contributed by atoms with van der Waals surface area (Å²) in [6, 6.07) is 0.724. The molecule has 4 nitrogen and oxygen atoms in total. The molecule has 1 saturated heterocycles. The Morgan fingerprint density at radius 3 is 2.86 bits per heavy atom. The van der Waals surface area contributed by atoms with Crippen LogP contribution in [0.3, 0.4) is 0 Å². The summed E-state index contributed by atoms with van der Waals surface area (Å²) in [5.41, 5.74) is 1.07. The molecule has 2 aromatic heterocycles. The van der Waals surface area contributed by atoms with Crippen molar-refractivity contribution in [2.45, 2.75) is 59.0 Å².